The Morgan fingerprint density at radius 1 is 1.36 bits per heavy atom. The highest BCUT2D eigenvalue weighted by atomic mass is 127. The van der Waals surface area contributed by atoms with Crippen LogP contribution in [-0.2, 0) is 0 Å². The largest absolute Gasteiger partial charge is 0.393 e. The van der Waals surface area contributed by atoms with Gasteiger partial charge in [0.25, 0.3) is 0 Å². The predicted molar refractivity (Wildman–Crippen MR) is 99.2 cm³/mol. The van der Waals surface area contributed by atoms with E-state index < -0.39 is 0 Å². The van der Waals surface area contributed by atoms with Crippen LogP contribution in [0.15, 0.2) is 41.9 Å². The zero-order valence-corrected chi connectivity index (χ0v) is 14.7. The minimum atomic E-state index is 0.439. The molecule has 4 N–H and O–H groups in total. The average Bonchev–Trinajstić information content (AvgIpc) is 2.50. The highest BCUT2D eigenvalue weighted by molar-refractivity contribution is 14.1. The fraction of sp³-hybridized carbons (Fsp3) is 0.267. The molecule has 0 saturated carbocycles. The maximum absolute atomic E-state index is 7.98. The van der Waals surface area contributed by atoms with Crippen LogP contribution in [0.4, 0.5) is 11.8 Å². The first kappa shape index (κ1) is 16.5. The Bertz CT molecular complexity index is 647. The maximum atomic E-state index is 7.98. The van der Waals surface area contributed by atoms with Crippen molar-refractivity contribution in [2.75, 3.05) is 24.2 Å². The molecular weight excluding hydrogens is 391 g/mol. The summed E-state index contributed by atoms with van der Waals surface area (Å²) in [5, 5.41) is 17.3. The quantitative estimate of drug-likeness (QED) is 0.542. The molecule has 1 aliphatic rings. The lowest BCUT2D eigenvalue weighted by Gasteiger charge is -2.13. The molecule has 0 spiro atoms. The van der Waals surface area contributed by atoms with Crippen LogP contribution in [0.1, 0.15) is 13.3 Å². The van der Waals surface area contributed by atoms with Crippen LogP contribution in [0.2, 0.25) is 0 Å². The van der Waals surface area contributed by atoms with Crippen molar-refractivity contribution in [1.82, 2.24) is 15.3 Å². The van der Waals surface area contributed by atoms with Crippen molar-refractivity contribution in [1.29, 1.82) is 5.41 Å². The molecule has 0 fully saturated rings. The topological polar surface area (TPSA) is 85.7 Å². The summed E-state index contributed by atoms with van der Waals surface area (Å²) in [6.45, 7) is 2.98. The molecule has 0 aromatic carbocycles. The van der Waals surface area contributed by atoms with E-state index in [1.807, 2.05) is 19.2 Å². The van der Waals surface area contributed by atoms with Crippen LogP contribution >= 0.6 is 22.6 Å². The van der Waals surface area contributed by atoms with Gasteiger partial charge in [0.1, 0.15) is 5.82 Å². The number of hydrogen-bond acceptors (Lipinski definition) is 6. The molecule has 6 nitrogen and oxygen atoms in total. The minimum Gasteiger partial charge on any atom is -0.393 e. The van der Waals surface area contributed by atoms with Crippen LogP contribution in [0.5, 0.6) is 0 Å². The summed E-state index contributed by atoms with van der Waals surface area (Å²) in [7, 11) is 1.82. The molecule has 1 aromatic rings. The molecule has 1 heterocycles. The van der Waals surface area contributed by atoms with Gasteiger partial charge < -0.3 is 21.4 Å². The number of anilines is 2. The Kier molecular flexibility index (Phi) is 5.93. The van der Waals surface area contributed by atoms with Crippen molar-refractivity contribution in [3.63, 3.8) is 0 Å². The third-order valence-electron chi connectivity index (χ3n) is 2.90. The van der Waals surface area contributed by atoms with Gasteiger partial charge in [-0.2, -0.15) is 4.98 Å². The lowest BCUT2D eigenvalue weighted by atomic mass is 10.1. The van der Waals surface area contributed by atoms with Crippen LogP contribution in [0.25, 0.3) is 0 Å². The number of aromatic nitrogens is 2. The fourth-order valence-electron chi connectivity index (χ4n) is 1.84. The van der Waals surface area contributed by atoms with Crippen LogP contribution in [-0.4, -0.2) is 29.3 Å². The van der Waals surface area contributed by atoms with E-state index in [1.165, 1.54) is 0 Å². The van der Waals surface area contributed by atoms with E-state index in [0.29, 0.717) is 11.7 Å². The number of nitrogens with zero attached hydrogens (tertiary/aromatic N) is 2. The van der Waals surface area contributed by atoms with E-state index in [1.54, 1.807) is 18.5 Å². The molecule has 1 aromatic heterocycles. The van der Waals surface area contributed by atoms with E-state index in [-0.39, 0.29) is 0 Å². The van der Waals surface area contributed by atoms with E-state index in [2.05, 4.69) is 55.4 Å². The second-order valence-corrected chi connectivity index (χ2v) is 5.84. The zero-order chi connectivity index (χ0) is 15.9. The second kappa shape index (κ2) is 7.92. The Labute approximate surface area is 143 Å². The smallest absolute Gasteiger partial charge is 0.229 e. The molecule has 116 valence electrons. The van der Waals surface area contributed by atoms with Gasteiger partial charge in [0.2, 0.25) is 5.95 Å². The van der Waals surface area contributed by atoms with Gasteiger partial charge in [0.05, 0.1) is 9.28 Å². The number of hydrogen-bond donors (Lipinski definition) is 4. The van der Waals surface area contributed by atoms with Crippen molar-refractivity contribution < 1.29 is 0 Å². The van der Waals surface area contributed by atoms with Gasteiger partial charge in [0, 0.05) is 37.3 Å². The third kappa shape index (κ3) is 4.30. The Hall–Kier alpha value is -1.90. The van der Waals surface area contributed by atoms with Gasteiger partial charge in [-0.1, -0.05) is 6.92 Å². The Morgan fingerprint density at radius 3 is 2.86 bits per heavy atom. The van der Waals surface area contributed by atoms with Crippen LogP contribution < -0.4 is 16.0 Å². The third-order valence-corrected chi connectivity index (χ3v) is 3.69. The monoisotopic (exact) mass is 410 g/mol. The van der Waals surface area contributed by atoms with Gasteiger partial charge >= 0.3 is 0 Å². The van der Waals surface area contributed by atoms with Gasteiger partial charge in [-0.05, 0) is 47.2 Å². The number of allylic oxidation sites excluding steroid dienone is 4. The van der Waals surface area contributed by atoms with Crippen LogP contribution in [0.3, 0.4) is 0 Å². The normalized spacial score (nSPS) is 15.7. The average molecular weight is 410 g/mol. The predicted octanol–water partition coefficient (Wildman–Crippen LogP) is 2.89. The zero-order valence-electron chi connectivity index (χ0n) is 12.6. The number of rotatable bonds is 6. The highest BCUT2D eigenvalue weighted by Gasteiger charge is 2.09. The minimum absolute atomic E-state index is 0.439. The summed E-state index contributed by atoms with van der Waals surface area (Å²) in [5.41, 5.74) is 2.07. The molecule has 22 heavy (non-hydrogen) atoms. The van der Waals surface area contributed by atoms with Gasteiger partial charge in [0.15, 0.2) is 0 Å². The summed E-state index contributed by atoms with van der Waals surface area (Å²) < 4.78 is 0.983. The van der Waals surface area contributed by atoms with Crippen LogP contribution in [0, 0.1) is 8.98 Å². The number of halogens is 1. The Balaban J connectivity index is 2.12. The summed E-state index contributed by atoms with van der Waals surface area (Å²) in [5.74, 6) is 1.34. The van der Waals surface area contributed by atoms with Gasteiger partial charge in [-0.15, -0.1) is 0 Å². The van der Waals surface area contributed by atoms with E-state index in [9.17, 15) is 0 Å². The summed E-state index contributed by atoms with van der Waals surface area (Å²) in [6.07, 6.45) is 10.1. The SMILES string of the molecule is CCCNc1nc(NC2=CC(=N)/C(=C\NC)C=C2)ncc1I. The molecule has 1 aliphatic carbocycles. The molecule has 0 radical (unpaired) electrons. The maximum Gasteiger partial charge on any atom is 0.229 e. The first-order chi connectivity index (χ1) is 10.6. The lowest BCUT2D eigenvalue weighted by Crippen LogP contribution is -2.12. The van der Waals surface area contributed by atoms with Crippen molar-refractivity contribution in [3.8, 4) is 0 Å². The molecule has 0 bridgehead atoms. The lowest BCUT2D eigenvalue weighted by molar-refractivity contribution is 0.962. The molecule has 7 heteroatoms. The summed E-state index contributed by atoms with van der Waals surface area (Å²) in [6, 6.07) is 0. The van der Waals surface area contributed by atoms with Gasteiger partial charge in [-0.25, -0.2) is 4.98 Å². The fourth-order valence-corrected chi connectivity index (χ4v) is 2.29. The first-order valence-electron chi connectivity index (χ1n) is 7.03. The van der Waals surface area contributed by atoms with Crippen molar-refractivity contribution in [3.05, 3.63) is 45.5 Å². The number of nitrogens with one attached hydrogen (secondary N) is 4. The second-order valence-electron chi connectivity index (χ2n) is 4.68. The van der Waals surface area contributed by atoms with E-state index in [4.69, 9.17) is 5.41 Å². The standard InChI is InChI=1S/C15H19IN6/c1-3-6-19-14-12(16)9-20-15(22-14)21-11-5-4-10(8-18-2)13(17)7-11/h4-5,7-9,17-18H,3,6H2,1-2H3,(H2,19,20,21,22)/b10-8-,17-13?. The van der Waals surface area contributed by atoms with E-state index >= 15 is 0 Å². The molecule has 0 atom stereocenters. The van der Waals surface area contributed by atoms with E-state index in [0.717, 1.165) is 33.6 Å². The molecule has 2 rings (SSSR count). The molecular formula is C15H19IN6. The molecule has 0 unspecified atom stereocenters. The molecule has 0 saturated heterocycles. The summed E-state index contributed by atoms with van der Waals surface area (Å²) >= 11 is 2.21. The molecule has 0 aliphatic heterocycles. The van der Waals surface area contributed by atoms with Crippen molar-refractivity contribution >= 4 is 40.1 Å². The molecule has 0 amide bonds. The van der Waals surface area contributed by atoms with Crippen molar-refractivity contribution in [2.24, 2.45) is 0 Å². The van der Waals surface area contributed by atoms with Gasteiger partial charge in [-0.3, -0.25) is 0 Å². The highest BCUT2D eigenvalue weighted by Crippen LogP contribution is 2.18. The Morgan fingerprint density at radius 2 is 2.18 bits per heavy atom. The summed E-state index contributed by atoms with van der Waals surface area (Å²) in [4.78, 5) is 8.75. The first-order valence-corrected chi connectivity index (χ1v) is 8.11. The van der Waals surface area contributed by atoms with Crippen molar-refractivity contribution in [2.45, 2.75) is 13.3 Å².